The molecule has 3 N–H and O–H groups in total. The van der Waals surface area contributed by atoms with Gasteiger partial charge >= 0.3 is 6.03 Å². The van der Waals surface area contributed by atoms with E-state index in [0.29, 0.717) is 37.4 Å². The molecule has 0 bridgehead atoms. The van der Waals surface area contributed by atoms with E-state index in [2.05, 4.69) is 20.9 Å². The summed E-state index contributed by atoms with van der Waals surface area (Å²) in [4.78, 5) is 42.6. The maximum absolute atomic E-state index is 13.4. The van der Waals surface area contributed by atoms with Crippen molar-refractivity contribution < 1.29 is 18.8 Å². The number of hydrogen-bond donors (Lipinski definition) is 3. The van der Waals surface area contributed by atoms with E-state index < -0.39 is 0 Å². The van der Waals surface area contributed by atoms with Gasteiger partial charge in [0.25, 0.3) is 5.91 Å². The molecule has 2 aromatic carbocycles. The fourth-order valence-corrected chi connectivity index (χ4v) is 4.93. The van der Waals surface area contributed by atoms with Crippen LogP contribution in [0, 0.1) is 11.7 Å². The van der Waals surface area contributed by atoms with Gasteiger partial charge in [-0.2, -0.15) is 0 Å². The molecule has 2 aromatic rings. The first-order valence-electron chi connectivity index (χ1n) is 13.4. The predicted octanol–water partition coefficient (Wildman–Crippen LogP) is 4.51. The number of rotatable bonds is 6. The number of benzene rings is 2. The van der Waals surface area contributed by atoms with Crippen LogP contribution < -0.4 is 20.9 Å². The maximum Gasteiger partial charge on any atom is 0.317 e. The number of hydrogen-bond acceptors (Lipinski definition) is 4. The zero-order chi connectivity index (χ0) is 27.3. The number of carbonyl (C=O) groups is 3. The normalized spacial score (nSPS) is 16.3. The highest BCUT2D eigenvalue weighted by atomic mass is 19.1. The van der Waals surface area contributed by atoms with Crippen LogP contribution >= 0.6 is 0 Å². The number of amides is 4. The molecule has 0 unspecified atom stereocenters. The molecule has 0 radical (unpaired) electrons. The molecule has 0 atom stereocenters. The molecule has 4 amide bonds. The average Bonchev–Trinajstić information content (AvgIpc) is 3.43. The minimum Gasteiger partial charge on any atom is -0.367 e. The summed E-state index contributed by atoms with van der Waals surface area (Å²) in [7, 11) is 0. The van der Waals surface area contributed by atoms with Gasteiger partial charge in [-0.15, -0.1) is 0 Å². The van der Waals surface area contributed by atoms with Crippen LogP contribution in [-0.2, 0) is 11.3 Å². The Morgan fingerprint density at radius 2 is 1.61 bits per heavy atom. The molecule has 4 rings (SSSR count). The predicted molar refractivity (Wildman–Crippen MR) is 147 cm³/mol. The molecule has 38 heavy (non-hydrogen) atoms. The van der Waals surface area contributed by atoms with Gasteiger partial charge in [0.15, 0.2) is 0 Å². The van der Waals surface area contributed by atoms with E-state index in [9.17, 15) is 18.8 Å². The highest BCUT2D eigenvalue weighted by molar-refractivity contribution is 6.02. The van der Waals surface area contributed by atoms with Crippen molar-refractivity contribution in [3.05, 3.63) is 59.4 Å². The first-order valence-corrected chi connectivity index (χ1v) is 13.4. The third-order valence-corrected chi connectivity index (χ3v) is 6.99. The van der Waals surface area contributed by atoms with Crippen LogP contribution in [-0.4, -0.2) is 54.5 Å². The van der Waals surface area contributed by atoms with Crippen LogP contribution in [0.1, 0.15) is 62.4 Å². The van der Waals surface area contributed by atoms with Gasteiger partial charge in [-0.1, -0.05) is 25.0 Å². The fraction of sp³-hybridized carbons (Fsp3) is 0.483. The van der Waals surface area contributed by atoms with Gasteiger partial charge in [-0.3, -0.25) is 9.59 Å². The van der Waals surface area contributed by atoms with E-state index in [-0.39, 0.29) is 41.7 Å². The van der Waals surface area contributed by atoms with E-state index in [1.807, 2.05) is 32.9 Å². The highest BCUT2D eigenvalue weighted by Crippen LogP contribution is 2.29. The van der Waals surface area contributed by atoms with Gasteiger partial charge in [0, 0.05) is 55.6 Å². The Morgan fingerprint density at radius 3 is 2.24 bits per heavy atom. The minimum atomic E-state index is -0.330. The van der Waals surface area contributed by atoms with E-state index >= 15 is 0 Å². The van der Waals surface area contributed by atoms with Crippen molar-refractivity contribution >= 4 is 29.2 Å². The molecular formula is C29H38FN5O3. The number of urea groups is 1. The lowest BCUT2D eigenvalue weighted by atomic mass is 10.1. The lowest BCUT2D eigenvalue weighted by Gasteiger charge is -2.38. The Labute approximate surface area is 224 Å². The van der Waals surface area contributed by atoms with Gasteiger partial charge in [0.1, 0.15) is 5.82 Å². The lowest BCUT2D eigenvalue weighted by Crippen LogP contribution is -2.55. The number of nitrogens with one attached hydrogen (secondary N) is 3. The Hall–Kier alpha value is -3.62. The van der Waals surface area contributed by atoms with Crippen molar-refractivity contribution in [1.82, 2.24) is 15.5 Å². The summed E-state index contributed by atoms with van der Waals surface area (Å²) in [5, 5.41) is 8.92. The van der Waals surface area contributed by atoms with Crippen LogP contribution in [0.25, 0.3) is 0 Å². The molecule has 204 valence electrons. The molecule has 2 fully saturated rings. The van der Waals surface area contributed by atoms with Crippen LogP contribution in [0.2, 0.25) is 0 Å². The Kier molecular flexibility index (Phi) is 8.54. The zero-order valence-corrected chi connectivity index (χ0v) is 22.5. The monoisotopic (exact) mass is 523 g/mol. The summed E-state index contributed by atoms with van der Waals surface area (Å²) in [6.45, 7) is 8.30. The number of anilines is 2. The van der Waals surface area contributed by atoms with Crippen LogP contribution in [0.3, 0.4) is 0 Å². The van der Waals surface area contributed by atoms with Crippen LogP contribution in [0.4, 0.5) is 20.6 Å². The second-order valence-electron chi connectivity index (χ2n) is 11.2. The minimum absolute atomic E-state index is 0.00797. The smallest absolute Gasteiger partial charge is 0.317 e. The molecule has 1 heterocycles. The summed E-state index contributed by atoms with van der Waals surface area (Å²) in [6, 6.07) is 11.3. The Balaban J connectivity index is 1.49. The second-order valence-corrected chi connectivity index (χ2v) is 11.2. The van der Waals surface area contributed by atoms with Crippen LogP contribution in [0.15, 0.2) is 42.5 Å². The Morgan fingerprint density at radius 1 is 0.947 bits per heavy atom. The number of carbonyl (C=O) groups excluding carboxylic acids is 3. The molecule has 2 aliphatic rings. The average molecular weight is 524 g/mol. The maximum atomic E-state index is 13.4. The molecule has 0 aromatic heterocycles. The fourth-order valence-electron chi connectivity index (χ4n) is 4.93. The molecular weight excluding hydrogens is 485 g/mol. The lowest BCUT2D eigenvalue weighted by molar-refractivity contribution is -0.119. The van der Waals surface area contributed by atoms with Crippen molar-refractivity contribution in [2.24, 2.45) is 5.92 Å². The van der Waals surface area contributed by atoms with Crippen molar-refractivity contribution in [1.29, 1.82) is 0 Å². The highest BCUT2D eigenvalue weighted by Gasteiger charge is 2.27. The summed E-state index contributed by atoms with van der Waals surface area (Å²) >= 11 is 0. The summed E-state index contributed by atoms with van der Waals surface area (Å²) in [6.07, 6.45) is 3.91. The zero-order valence-electron chi connectivity index (χ0n) is 22.5. The Bertz CT molecular complexity index is 1150. The van der Waals surface area contributed by atoms with E-state index in [1.165, 1.54) is 12.1 Å². The molecule has 1 aliphatic carbocycles. The first-order chi connectivity index (χ1) is 18.1. The van der Waals surface area contributed by atoms with Crippen molar-refractivity contribution in [3.8, 4) is 0 Å². The molecule has 1 aliphatic heterocycles. The second kappa shape index (κ2) is 11.8. The third kappa shape index (κ3) is 7.24. The van der Waals surface area contributed by atoms with Gasteiger partial charge in [0.2, 0.25) is 5.91 Å². The van der Waals surface area contributed by atoms with Gasteiger partial charge in [-0.05, 0) is 69.5 Å². The van der Waals surface area contributed by atoms with Crippen molar-refractivity contribution in [2.75, 3.05) is 36.4 Å². The van der Waals surface area contributed by atoms with Crippen molar-refractivity contribution in [3.63, 3.8) is 0 Å². The first kappa shape index (κ1) is 27.4. The standard InChI is InChI=1S/C29H38FN5O3/c1-29(2,3)33-28(38)35-16-14-34(15-17-35)25-13-12-23(32-26(36)21-6-4-5-7-21)18-24(25)27(37)31-19-20-8-10-22(30)11-9-20/h8-13,18,21H,4-7,14-17,19H2,1-3H3,(H,31,37)(H,32,36)(H,33,38). The van der Waals surface area contributed by atoms with Crippen molar-refractivity contribution in [2.45, 2.75) is 58.5 Å². The van der Waals surface area contributed by atoms with Gasteiger partial charge in [0.05, 0.1) is 5.56 Å². The topological polar surface area (TPSA) is 93.8 Å². The largest absolute Gasteiger partial charge is 0.367 e. The van der Waals surface area contributed by atoms with E-state index in [1.54, 1.807) is 23.1 Å². The molecule has 0 spiro atoms. The number of piperazine rings is 1. The van der Waals surface area contributed by atoms with Crippen LogP contribution in [0.5, 0.6) is 0 Å². The SMILES string of the molecule is CC(C)(C)NC(=O)N1CCN(c2ccc(NC(=O)C3CCCC3)cc2C(=O)NCc2ccc(F)cc2)CC1. The number of nitrogens with zero attached hydrogens (tertiary/aromatic N) is 2. The summed E-state index contributed by atoms with van der Waals surface area (Å²) in [5.41, 5.74) is 2.24. The third-order valence-electron chi connectivity index (χ3n) is 6.99. The number of halogens is 1. The summed E-state index contributed by atoms with van der Waals surface area (Å²) in [5.74, 6) is -0.610. The quantitative estimate of drug-likeness (QED) is 0.519. The van der Waals surface area contributed by atoms with E-state index in [4.69, 9.17) is 0 Å². The molecule has 9 heteroatoms. The van der Waals surface area contributed by atoms with Gasteiger partial charge < -0.3 is 25.8 Å². The van der Waals surface area contributed by atoms with E-state index in [0.717, 1.165) is 36.9 Å². The molecule has 1 saturated heterocycles. The molecule has 8 nitrogen and oxygen atoms in total. The summed E-state index contributed by atoms with van der Waals surface area (Å²) < 4.78 is 13.3. The van der Waals surface area contributed by atoms with Gasteiger partial charge in [-0.25, -0.2) is 9.18 Å². The molecule has 1 saturated carbocycles.